The van der Waals surface area contributed by atoms with Gasteiger partial charge < -0.3 is 0 Å². The predicted molar refractivity (Wildman–Crippen MR) is 57.9 cm³/mol. The van der Waals surface area contributed by atoms with Crippen LogP contribution in [0.15, 0.2) is 24.3 Å². The van der Waals surface area contributed by atoms with Gasteiger partial charge in [-0.15, -0.1) is 0 Å². The van der Waals surface area contributed by atoms with Gasteiger partial charge in [0.2, 0.25) is 0 Å². The minimum atomic E-state index is 0.672. The van der Waals surface area contributed by atoms with Crippen LogP contribution in [0.25, 0.3) is 6.08 Å². The fourth-order valence-corrected chi connectivity index (χ4v) is 2.19. The predicted octanol–water partition coefficient (Wildman–Crippen LogP) is 3.77. The Kier molecular flexibility index (Phi) is 2.22. The fraction of sp³-hybridized carbons (Fsp3) is 0.385. The lowest BCUT2D eigenvalue weighted by molar-refractivity contribution is 0.804. The van der Waals surface area contributed by atoms with E-state index in [4.69, 9.17) is 0 Å². The zero-order valence-corrected chi connectivity index (χ0v) is 8.38. The molecule has 0 nitrogen and oxygen atoms in total. The molecule has 2 rings (SSSR count). The molecule has 0 fully saturated rings. The number of allylic oxidation sites excluding steroid dienone is 1. The van der Waals surface area contributed by atoms with E-state index in [0.717, 1.165) is 6.42 Å². The summed E-state index contributed by atoms with van der Waals surface area (Å²) in [7, 11) is 0. The molecule has 68 valence electrons. The Hall–Kier alpha value is -1.04. The lowest BCUT2D eigenvalue weighted by Gasteiger charge is -2.12. The molecule has 1 aromatic rings. The number of rotatable bonds is 2. The molecule has 0 heteroatoms. The fourth-order valence-electron chi connectivity index (χ4n) is 2.19. The van der Waals surface area contributed by atoms with E-state index in [-0.39, 0.29) is 0 Å². The standard InChI is InChI=1S/C13H16/c1-3-10-6-5-7-12-9-8-11(4-2)13(10)12/h5-9,11H,3-4H2,1-2H3. The lowest BCUT2D eigenvalue weighted by Crippen LogP contribution is -1.97. The second-order valence-corrected chi connectivity index (χ2v) is 3.65. The van der Waals surface area contributed by atoms with Gasteiger partial charge in [-0.1, -0.05) is 44.2 Å². The van der Waals surface area contributed by atoms with Crippen LogP contribution in [0, 0.1) is 0 Å². The van der Waals surface area contributed by atoms with Crippen LogP contribution in [-0.2, 0) is 6.42 Å². The lowest BCUT2D eigenvalue weighted by atomic mass is 9.92. The molecular weight excluding hydrogens is 156 g/mol. The van der Waals surface area contributed by atoms with Gasteiger partial charge in [-0.05, 0) is 29.5 Å². The average molecular weight is 172 g/mol. The van der Waals surface area contributed by atoms with Crippen molar-refractivity contribution in [1.82, 2.24) is 0 Å². The largest absolute Gasteiger partial charge is 0.0764 e. The van der Waals surface area contributed by atoms with Crippen LogP contribution in [0.5, 0.6) is 0 Å². The van der Waals surface area contributed by atoms with Crippen molar-refractivity contribution in [3.8, 4) is 0 Å². The van der Waals surface area contributed by atoms with E-state index >= 15 is 0 Å². The molecule has 0 bridgehead atoms. The normalized spacial score (nSPS) is 19.1. The Morgan fingerprint density at radius 3 is 2.77 bits per heavy atom. The van der Waals surface area contributed by atoms with Gasteiger partial charge in [-0.2, -0.15) is 0 Å². The molecule has 1 atom stereocenters. The summed E-state index contributed by atoms with van der Waals surface area (Å²) in [6.07, 6.45) is 6.98. The highest BCUT2D eigenvalue weighted by Gasteiger charge is 2.17. The number of aryl methyl sites for hydroxylation is 1. The Labute approximate surface area is 80.3 Å². The summed E-state index contributed by atoms with van der Waals surface area (Å²) in [4.78, 5) is 0. The first-order valence-electron chi connectivity index (χ1n) is 5.16. The van der Waals surface area contributed by atoms with Crippen LogP contribution in [-0.4, -0.2) is 0 Å². The van der Waals surface area contributed by atoms with Crippen LogP contribution in [0.2, 0.25) is 0 Å². The molecule has 1 aliphatic carbocycles. The van der Waals surface area contributed by atoms with Gasteiger partial charge in [0, 0.05) is 5.92 Å². The third kappa shape index (κ3) is 1.31. The average Bonchev–Trinajstić information content (AvgIpc) is 2.60. The van der Waals surface area contributed by atoms with E-state index in [9.17, 15) is 0 Å². The molecule has 0 saturated heterocycles. The Balaban J connectivity index is 2.50. The second kappa shape index (κ2) is 3.37. The zero-order chi connectivity index (χ0) is 9.26. The minimum absolute atomic E-state index is 0.672. The van der Waals surface area contributed by atoms with Gasteiger partial charge >= 0.3 is 0 Å². The number of hydrogen-bond acceptors (Lipinski definition) is 0. The summed E-state index contributed by atoms with van der Waals surface area (Å²) in [5.74, 6) is 0.672. The Morgan fingerprint density at radius 1 is 1.23 bits per heavy atom. The van der Waals surface area contributed by atoms with Crippen molar-refractivity contribution >= 4 is 6.08 Å². The highest BCUT2D eigenvalue weighted by atomic mass is 14.2. The van der Waals surface area contributed by atoms with E-state index in [0.29, 0.717) is 5.92 Å². The van der Waals surface area contributed by atoms with E-state index < -0.39 is 0 Å². The molecule has 0 heterocycles. The summed E-state index contributed by atoms with van der Waals surface area (Å²) >= 11 is 0. The highest BCUT2D eigenvalue weighted by Crippen LogP contribution is 2.34. The Morgan fingerprint density at radius 2 is 2.08 bits per heavy atom. The van der Waals surface area contributed by atoms with Crippen LogP contribution in [0.3, 0.4) is 0 Å². The molecule has 0 spiro atoms. The monoisotopic (exact) mass is 172 g/mol. The highest BCUT2D eigenvalue weighted by molar-refractivity contribution is 5.64. The molecule has 0 amide bonds. The van der Waals surface area contributed by atoms with E-state index in [1.807, 2.05) is 0 Å². The zero-order valence-electron chi connectivity index (χ0n) is 8.38. The van der Waals surface area contributed by atoms with Crippen molar-refractivity contribution in [1.29, 1.82) is 0 Å². The topological polar surface area (TPSA) is 0 Å². The summed E-state index contributed by atoms with van der Waals surface area (Å²) in [5, 5.41) is 0. The molecule has 1 aromatic carbocycles. The van der Waals surface area contributed by atoms with Crippen molar-refractivity contribution < 1.29 is 0 Å². The van der Waals surface area contributed by atoms with Gasteiger partial charge in [-0.25, -0.2) is 0 Å². The van der Waals surface area contributed by atoms with Crippen molar-refractivity contribution in [2.24, 2.45) is 0 Å². The van der Waals surface area contributed by atoms with E-state index in [1.54, 1.807) is 5.56 Å². The molecule has 0 aromatic heterocycles. The van der Waals surface area contributed by atoms with Gasteiger partial charge in [0.15, 0.2) is 0 Å². The summed E-state index contributed by atoms with van der Waals surface area (Å²) in [6, 6.07) is 6.65. The molecule has 1 unspecified atom stereocenters. The van der Waals surface area contributed by atoms with E-state index in [2.05, 4.69) is 44.2 Å². The third-order valence-electron chi connectivity index (χ3n) is 2.93. The first-order chi connectivity index (χ1) is 6.36. The maximum Gasteiger partial charge on any atom is 0.00273 e. The maximum atomic E-state index is 2.34. The van der Waals surface area contributed by atoms with E-state index in [1.165, 1.54) is 17.5 Å². The number of hydrogen-bond donors (Lipinski definition) is 0. The van der Waals surface area contributed by atoms with Crippen molar-refractivity contribution in [2.45, 2.75) is 32.6 Å². The summed E-state index contributed by atoms with van der Waals surface area (Å²) in [5.41, 5.74) is 4.54. The van der Waals surface area contributed by atoms with Crippen molar-refractivity contribution in [3.63, 3.8) is 0 Å². The first-order valence-corrected chi connectivity index (χ1v) is 5.16. The van der Waals surface area contributed by atoms with Gasteiger partial charge in [0.25, 0.3) is 0 Å². The molecule has 13 heavy (non-hydrogen) atoms. The first kappa shape index (κ1) is 8.55. The molecule has 1 aliphatic rings. The van der Waals surface area contributed by atoms with Crippen LogP contribution in [0.4, 0.5) is 0 Å². The summed E-state index contributed by atoms with van der Waals surface area (Å²) < 4.78 is 0. The van der Waals surface area contributed by atoms with Crippen molar-refractivity contribution in [2.75, 3.05) is 0 Å². The quantitative estimate of drug-likeness (QED) is 0.637. The molecule has 0 N–H and O–H groups in total. The van der Waals surface area contributed by atoms with Gasteiger partial charge in [-0.3, -0.25) is 0 Å². The minimum Gasteiger partial charge on any atom is -0.0764 e. The maximum absolute atomic E-state index is 2.34. The van der Waals surface area contributed by atoms with Crippen LogP contribution in [0.1, 0.15) is 42.9 Å². The van der Waals surface area contributed by atoms with Gasteiger partial charge in [0.05, 0.1) is 0 Å². The third-order valence-corrected chi connectivity index (χ3v) is 2.93. The second-order valence-electron chi connectivity index (χ2n) is 3.65. The molecule has 0 radical (unpaired) electrons. The molecule has 0 saturated carbocycles. The van der Waals surface area contributed by atoms with Crippen LogP contribution < -0.4 is 0 Å². The molecule has 0 aliphatic heterocycles. The number of benzene rings is 1. The summed E-state index contributed by atoms with van der Waals surface area (Å²) in [6.45, 7) is 4.50. The smallest absolute Gasteiger partial charge is 0.00273 e. The molecular formula is C13H16. The Bertz CT molecular complexity index is 334. The SMILES string of the molecule is CCc1cccc2c1C(CC)C=C2. The van der Waals surface area contributed by atoms with Gasteiger partial charge in [0.1, 0.15) is 0 Å². The van der Waals surface area contributed by atoms with Crippen molar-refractivity contribution in [3.05, 3.63) is 41.0 Å². The number of fused-ring (bicyclic) bond motifs is 1. The van der Waals surface area contributed by atoms with Crippen LogP contribution >= 0.6 is 0 Å².